The van der Waals surface area contributed by atoms with Gasteiger partial charge >= 0.3 is 0 Å². The Morgan fingerprint density at radius 3 is 2.79 bits per heavy atom. The molecule has 0 amide bonds. The van der Waals surface area contributed by atoms with E-state index in [2.05, 4.69) is 40.5 Å². The van der Waals surface area contributed by atoms with Crippen molar-refractivity contribution in [3.8, 4) is 0 Å². The molecule has 0 saturated heterocycles. The minimum Gasteiger partial charge on any atom is -0.374 e. The first kappa shape index (κ1) is 14.0. The Bertz CT molecular complexity index is 532. The molecule has 0 radical (unpaired) electrons. The number of nitrogen functional groups attached to an aromatic ring is 1. The minimum atomic E-state index is 0.364. The number of hydrogen-bond acceptors (Lipinski definition) is 6. The molecule has 2 aromatic rings. The molecule has 0 unspecified atom stereocenters. The van der Waals surface area contributed by atoms with Gasteiger partial charge in [-0.25, -0.2) is 0 Å². The van der Waals surface area contributed by atoms with Crippen molar-refractivity contribution in [2.24, 2.45) is 0 Å². The fourth-order valence-electron chi connectivity index (χ4n) is 1.98. The maximum Gasteiger partial charge on any atom is 0.203 e. The zero-order valence-electron chi connectivity index (χ0n) is 11.6. The quantitative estimate of drug-likeness (QED) is 0.829. The van der Waals surface area contributed by atoms with Gasteiger partial charge in [0.15, 0.2) is 0 Å². The summed E-state index contributed by atoms with van der Waals surface area (Å²) in [5, 5.41) is 17.2. The van der Waals surface area contributed by atoms with Gasteiger partial charge in [-0.3, -0.25) is 4.68 Å². The number of aromatic nitrogens is 4. The van der Waals surface area contributed by atoms with E-state index in [4.69, 9.17) is 5.73 Å². The molecular formula is C12H20N6S. The zero-order chi connectivity index (χ0) is 13.8. The Labute approximate surface area is 117 Å². The summed E-state index contributed by atoms with van der Waals surface area (Å²) < 4.78 is 2.04. The SMILES string of the molecule is Cc1cc(C)n(C[C@H](C)NCCc2nnc(N)s2)n1. The van der Waals surface area contributed by atoms with Crippen molar-refractivity contribution >= 4 is 16.5 Å². The lowest BCUT2D eigenvalue weighted by atomic mass is 10.3. The summed E-state index contributed by atoms with van der Waals surface area (Å²) in [6, 6.07) is 2.46. The monoisotopic (exact) mass is 280 g/mol. The zero-order valence-corrected chi connectivity index (χ0v) is 12.4. The summed E-state index contributed by atoms with van der Waals surface area (Å²) in [5.41, 5.74) is 7.81. The maximum atomic E-state index is 5.54. The largest absolute Gasteiger partial charge is 0.374 e. The minimum absolute atomic E-state index is 0.364. The fourth-order valence-corrected chi connectivity index (χ4v) is 2.59. The van der Waals surface area contributed by atoms with Crippen molar-refractivity contribution in [1.29, 1.82) is 0 Å². The normalized spacial score (nSPS) is 12.8. The van der Waals surface area contributed by atoms with Crippen molar-refractivity contribution in [3.63, 3.8) is 0 Å². The molecule has 1 atom stereocenters. The van der Waals surface area contributed by atoms with Gasteiger partial charge in [0.05, 0.1) is 12.2 Å². The van der Waals surface area contributed by atoms with E-state index in [0.29, 0.717) is 11.2 Å². The van der Waals surface area contributed by atoms with Crippen molar-refractivity contribution in [1.82, 2.24) is 25.3 Å². The highest BCUT2D eigenvalue weighted by Gasteiger charge is 2.07. The molecule has 2 rings (SSSR count). The van der Waals surface area contributed by atoms with Gasteiger partial charge in [0.25, 0.3) is 0 Å². The van der Waals surface area contributed by atoms with Crippen LogP contribution in [0, 0.1) is 13.8 Å². The molecule has 0 bridgehead atoms. The van der Waals surface area contributed by atoms with Crippen LogP contribution in [0.1, 0.15) is 23.3 Å². The Balaban J connectivity index is 1.75. The molecule has 2 aromatic heterocycles. The number of nitrogens with zero attached hydrogens (tertiary/aromatic N) is 4. The van der Waals surface area contributed by atoms with Crippen LogP contribution in [-0.4, -0.2) is 32.6 Å². The van der Waals surface area contributed by atoms with Crippen molar-refractivity contribution < 1.29 is 0 Å². The summed E-state index contributed by atoms with van der Waals surface area (Å²) in [6.07, 6.45) is 0.857. The van der Waals surface area contributed by atoms with Crippen molar-refractivity contribution in [2.75, 3.05) is 12.3 Å². The third-order valence-electron chi connectivity index (χ3n) is 2.86. The first-order valence-corrected chi connectivity index (χ1v) is 7.18. The summed E-state index contributed by atoms with van der Waals surface area (Å²) in [7, 11) is 0. The second-order valence-corrected chi connectivity index (χ2v) is 5.84. The molecule has 19 heavy (non-hydrogen) atoms. The average molecular weight is 280 g/mol. The van der Waals surface area contributed by atoms with E-state index in [1.807, 2.05) is 11.6 Å². The molecule has 0 aliphatic heterocycles. The number of anilines is 1. The summed E-state index contributed by atoms with van der Waals surface area (Å²) in [5.74, 6) is 0. The van der Waals surface area contributed by atoms with Crippen LogP contribution in [-0.2, 0) is 13.0 Å². The van der Waals surface area contributed by atoms with Crippen LogP contribution in [0.25, 0.3) is 0 Å². The van der Waals surface area contributed by atoms with E-state index >= 15 is 0 Å². The van der Waals surface area contributed by atoms with Crippen LogP contribution in [0.15, 0.2) is 6.07 Å². The Morgan fingerprint density at radius 2 is 2.21 bits per heavy atom. The Morgan fingerprint density at radius 1 is 1.42 bits per heavy atom. The molecule has 0 aromatic carbocycles. The number of nitrogens with one attached hydrogen (secondary N) is 1. The standard InChI is InChI=1S/C12H20N6S/c1-8-6-10(3)18(17-8)7-9(2)14-5-4-11-15-16-12(13)19-11/h6,9,14H,4-5,7H2,1-3H3,(H2,13,16)/t9-/m0/s1. The Hall–Kier alpha value is -1.47. The van der Waals surface area contributed by atoms with Gasteiger partial charge in [0, 0.05) is 24.7 Å². The van der Waals surface area contributed by atoms with Crippen LogP contribution in [0.3, 0.4) is 0 Å². The van der Waals surface area contributed by atoms with Crippen LogP contribution in [0.4, 0.5) is 5.13 Å². The van der Waals surface area contributed by atoms with Crippen LogP contribution in [0.2, 0.25) is 0 Å². The number of nitrogens with two attached hydrogens (primary N) is 1. The molecule has 0 aliphatic carbocycles. The summed E-state index contributed by atoms with van der Waals surface area (Å²) in [4.78, 5) is 0. The summed E-state index contributed by atoms with van der Waals surface area (Å²) in [6.45, 7) is 8.00. The predicted molar refractivity (Wildman–Crippen MR) is 77.2 cm³/mol. The van der Waals surface area contributed by atoms with Gasteiger partial charge < -0.3 is 11.1 Å². The topological polar surface area (TPSA) is 81.7 Å². The molecule has 0 saturated carbocycles. The highest BCUT2D eigenvalue weighted by atomic mass is 32.1. The maximum absolute atomic E-state index is 5.54. The van der Waals surface area contributed by atoms with Crippen molar-refractivity contribution in [3.05, 3.63) is 22.5 Å². The van der Waals surface area contributed by atoms with E-state index in [1.54, 1.807) is 0 Å². The molecule has 0 spiro atoms. The molecule has 0 aliphatic rings. The first-order chi connectivity index (χ1) is 9.04. The lowest BCUT2D eigenvalue weighted by molar-refractivity contribution is 0.447. The number of rotatable bonds is 6. The number of aryl methyl sites for hydroxylation is 2. The molecule has 104 valence electrons. The molecule has 3 N–H and O–H groups in total. The van der Waals surface area contributed by atoms with E-state index in [0.717, 1.165) is 30.2 Å². The smallest absolute Gasteiger partial charge is 0.203 e. The molecule has 7 heteroatoms. The highest BCUT2D eigenvalue weighted by Crippen LogP contribution is 2.10. The van der Waals surface area contributed by atoms with E-state index < -0.39 is 0 Å². The molecular weight excluding hydrogens is 260 g/mol. The van der Waals surface area contributed by atoms with Gasteiger partial charge in [-0.1, -0.05) is 11.3 Å². The van der Waals surface area contributed by atoms with E-state index in [1.165, 1.54) is 17.0 Å². The van der Waals surface area contributed by atoms with Gasteiger partial charge in [-0.2, -0.15) is 5.10 Å². The van der Waals surface area contributed by atoms with Gasteiger partial charge in [-0.15, -0.1) is 10.2 Å². The van der Waals surface area contributed by atoms with Gasteiger partial charge in [0.1, 0.15) is 5.01 Å². The first-order valence-electron chi connectivity index (χ1n) is 6.37. The molecule has 2 heterocycles. The van der Waals surface area contributed by atoms with Crippen LogP contribution in [0.5, 0.6) is 0 Å². The van der Waals surface area contributed by atoms with E-state index in [-0.39, 0.29) is 0 Å². The predicted octanol–water partition coefficient (Wildman–Crippen LogP) is 1.15. The molecule has 0 fully saturated rings. The van der Waals surface area contributed by atoms with E-state index in [9.17, 15) is 0 Å². The van der Waals surface area contributed by atoms with Crippen LogP contribution >= 0.6 is 11.3 Å². The second kappa shape index (κ2) is 6.12. The number of hydrogen-bond donors (Lipinski definition) is 2. The summed E-state index contributed by atoms with van der Waals surface area (Å²) >= 11 is 1.45. The lowest BCUT2D eigenvalue weighted by Crippen LogP contribution is -2.32. The average Bonchev–Trinajstić information content (AvgIpc) is 2.86. The Kier molecular flexibility index (Phi) is 4.49. The third kappa shape index (κ3) is 4.00. The third-order valence-corrected chi connectivity index (χ3v) is 3.68. The highest BCUT2D eigenvalue weighted by molar-refractivity contribution is 7.15. The van der Waals surface area contributed by atoms with Crippen molar-refractivity contribution in [2.45, 2.75) is 39.8 Å². The fraction of sp³-hybridized carbons (Fsp3) is 0.583. The van der Waals surface area contributed by atoms with Crippen LogP contribution < -0.4 is 11.1 Å². The lowest BCUT2D eigenvalue weighted by Gasteiger charge is -2.14. The molecule has 6 nitrogen and oxygen atoms in total. The second-order valence-electron chi connectivity index (χ2n) is 4.75. The van der Waals surface area contributed by atoms with Gasteiger partial charge in [0.2, 0.25) is 5.13 Å². The van der Waals surface area contributed by atoms with Gasteiger partial charge in [-0.05, 0) is 26.8 Å².